The molecule has 0 aromatic rings. The highest BCUT2D eigenvalue weighted by atomic mass is 19.3. The summed E-state index contributed by atoms with van der Waals surface area (Å²) < 4.78 is 30.2. The molecule has 0 aliphatic carbocycles. The fourth-order valence-electron chi connectivity index (χ4n) is 0.893. The van der Waals surface area contributed by atoms with Gasteiger partial charge < -0.3 is 10.5 Å². The lowest BCUT2D eigenvalue weighted by atomic mass is 9.87. The highest BCUT2D eigenvalue weighted by molar-refractivity contribution is 4.94. The molecule has 10 heavy (non-hydrogen) atoms. The lowest BCUT2D eigenvalue weighted by Crippen LogP contribution is -2.43. The van der Waals surface area contributed by atoms with Crippen LogP contribution in [0.5, 0.6) is 0 Å². The van der Waals surface area contributed by atoms with Crippen LogP contribution in [0.3, 0.4) is 0 Å². The van der Waals surface area contributed by atoms with E-state index in [1.54, 1.807) is 0 Å². The van der Waals surface area contributed by atoms with Gasteiger partial charge in [-0.1, -0.05) is 6.92 Å². The molecule has 1 aliphatic rings. The van der Waals surface area contributed by atoms with E-state index < -0.39 is 17.9 Å². The Balaban J connectivity index is 2.76. The molecule has 60 valence electrons. The molecule has 1 rings (SSSR count). The van der Waals surface area contributed by atoms with Crippen molar-refractivity contribution in [2.45, 2.75) is 12.8 Å². The molecule has 4 heteroatoms. The summed E-state index contributed by atoms with van der Waals surface area (Å²) in [5, 5.41) is 0. The molecule has 1 aliphatic heterocycles. The first kappa shape index (κ1) is 7.88. The highest BCUT2D eigenvalue weighted by Crippen LogP contribution is 2.40. The zero-order valence-corrected chi connectivity index (χ0v) is 5.86. The summed E-state index contributed by atoms with van der Waals surface area (Å²) in [5.74, 6) is -2.75. The van der Waals surface area contributed by atoms with Gasteiger partial charge in [0.25, 0.3) is 5.92 Å². The van der Waals surface area contributed by atoms with Gasteiger partial charge in [0.05, 0.1) is 12.0 Å². The molecule has 0 amide bonds. The summed E-state index contributed by atoms with van der Waals surface area (Å²) in [6.45, 7) is 0.997. The van der Waals surface area contributed by atoms with Gasteiger partial charge in [0.2, 0.25) is 0 Å². The molecule has 2 N–H and O–H groups in total. The van der Waals surface area contributed by atoms with Crippen molar-refractivity contribution in [3.8, 4) is 0 Å². The predicted octanol–water partition coefficient (Wildman–Crippen LogP) is 0.617. The average Bonchev–Trinajstić information content (AvgIpc) is 2.10. The minimum absolute atomic E-state index is 0.0278. The van der Waals surface area contributed by atoms with Gasteiger partial charge in [-0.2, -0.15) is 0 Å². The lowest BCUT2D eigenvalue weighted by Gasteiger charge is -2.26. The Labute approximate surface area is 58.3 Å². The van der Waals surface area contributed by atoms with Crippen LogP contribution in [0.25, 0.3) is 0 Å². The minimum Gasteiger partial charge on any atom is -0.374 e. The lowest BCUT2D eigenvalue weighted by molar-refractivity contribution is -0.0744. The van der Waals surface area contributed by atoms with E-state index in [1.165, 1.54) is 6.92 Å². The second-order valence-corrected chi connectivity index (χ2v) is 2.96. The van der Waals surface area contributed by atoms with Crippen LogP contribution < -0.4 is 5.73 Å². The van der Waals surface area contributed by atoms with Crippen LogP contribution in [0.4, 0.5) is 8.78 Å². The van der Waals surface area contributed by atoms with Gasteiger partial charge in [-0.25, -0.2) is 8.78 Å². The summed E-state index contributed by atoms with van der Waals surface area (Å²) in [6, 6.07) is 0. The predicted molar refractivity (Wildman–Crippen MR) is 32.9 cm³/mol. The van der Waals surface area contributed by atoms with E-state index in [2.05, 4.69) is 4.74 Å². The molecule has 0 bridgehead atoms. The Morgan fingerprint density at radius 2 is 2.10 bits per heavy atom. The molecule has 1 unspecified atom stereocenters. The topological polar surface area (TPSA) is 35.2 Å². The molecule has 2 nitrogen and oxygen atoms in total. The molecule has 0 radical (unpaired) electrons. The number of hydrogen-bond donors (Lipinski definition) is 1. The van der Waals surface area contributed by atoms with Gasteiger partial charge in [-0.3, -0.25) is 0 Å². The SMILES string of the molecule is CC1(CN)COCC1(F)F. The molecular formula is C6H11F2NO. The van der Waals surface area contributed by atoms with E-state index in [0.717, 1.165) is 0 Å². The summed E-state index contributed by atoms with van der Waals surface area (Å²) in [6.07, 6.45) is 0. The fraction of sp³-hybridized carbons (Fsp3) is 1.00. The molecule has 0 aromatic carbocycles. The Morgan fingerprint density at radius 1 is 1.50 bits per heavy atom. The second kappa shape index (κ2) is 2.13. The number of hydrogen-bond acceptors (Lipinski definition) is 2. The summed E-state index contributed by atoms with van der Waals surface area (Å²) in [7, 11) is 0. The van der Waals surface area contributed by atoms with Gasteiger partial charge in [0.1, 0.15) is 6.61 Å². The number of halogens is 2. The van der Waals surface area contributed by atoms with Gasteiger partial charge in [-0.05, 0) is 0 Å². The number of rotatable bonds is 1. The Hall–Kier alpha value is -0.220. The van der Waals surface area contributed by atoms with Crippen LogP contribution in [0, 0.1) is 5.41 Å². The van der Waals surface area contributed by atoms with Crippen molar-refractivity contribution in [1.29, 1.82) is 0 Å². The van der Waals surface area contributed by atoms with Crippen molar-refractivity contribution in [2.24, 2.45) is 11.1 Å². The Morgan fingerprint density at radius 3 is 2.30 bits per heavy atom. The number of alkyl halides is 2. The largest absolute Gasteiger partial charge is 0.374 e. The minimum atomic E-state index is -2.75. The summed E-state index contributed by atoms with van der Waals surface area (Å²) in [4.78, 5) is 0. The normalized spacial score (nSPS) is 38.4. The van der Waals surface area contributed by atoms with E-state index in [4.69, 9.17) is 5.73 Å². The van der Waals surface area contributed by atoms with Crippen LogP contribution in [0.15, 0.2) is 0 Å². The quantitative estimate of drug-likeness (QED) is 0.596. The molecule has 0 spiro atoms. The van der Waals surface area contributed by atoms with Crippen molar-refractivity contribution in [1.82, 2.24) is 0 Å². The van der Waals surface area contributed by atoms with Gasteiger partial charge in [0.15, 0.2) is 0 Å². The standard InChI is InChI=1S/C6H11F2NO/c1-5(2-9)3-10-4-6(5,7)8/h2-4,9H2,1H3. The molecule has 1 fully saturated rings. The zero-order chi connectivity index (χ0) is 7.83. The maximum absolute atomic E-state index is 12.8. The third-order valence-electron chi connectivity index (χ3n) is 2.04. The first-order valence-electron chi connectivity index (χ1n) is 3.17. The molecule has 0 aromatic heterocycles. The monoisotopic (exact) mass is 151 g/mol. The van der Waals surface area contributed by atoms with Gasteiger partial charge >= 0.3 is 0 Å². The number of nitrogens with two attached hydrogens (primary N) is 1. The van der Waals surface area contributed by atoms with Gasteiger partial charge in [0, 0.05) is 6.54 Å². The van der Waals surface area contributed by atoms with Crippen molar-refractivity contribution >= 4 is 0 Å². The van der Waals surface area contributed by atoms with Crippen molar-refractivity contribution in [3.05, 3.63) is 0 Å². The Bertz CT molecular complexity index is 140. The van der Waals surface area contributed by atoms with Gasteiger partial charge in [-0.15, -0.1) is 0 Å². The fourth-order valence-corrected chi connectivity index (χ4v) is 0.893. The number of ether oxygens (including phenoxy) is 1. The average molecular weight is 151 g/mol. The smallest absolute Gasteiger partial charge is 0.279 e. The summed E-state index contributed by atoms with van der Waals surface area (Å²) >= 11 is 0. The zero-order valence-electron chi connectivity index (χ0n) is 5.86. The molecule has 1 atom stereocenters. The molecule has 1 saturated heterocycles. The third kappa shape index (κ3) is 0.914. The van der Waals surface area contributed by atoms with Crippen molar-refractivity contribution in [3.63, 3.8) is 0 Å². The van der Waals surface area contributed by atoms with E-state index >= 15 is 0 Å². The maximum atomic E-state index is 12.8. The van der Waals surface area contributed by atoms with Crippen LogP contribution >= 0.6 is 0 Å². The van der Waals surface area contributed by atoms with E-state index in [-0.39, 0.29) is 13.2 Å². The molecule has 1 heterocycles. The van der Waals surface area contributed by atoms with Crippen molar-refractivity contribution < 1.29 is 13.5 Å². The van der Waals surface area contributed by atoms with E-state index in [0.29, 0.717) is 0 Å². The second-order valence-electron chi connectivity index (χ2n) is 2.96. The van der Waals surface area contributed by atoms with Crippen molar-refractivity contribution in [2.75, 3.05) is 19.8 Å². The third-order valence-corrected chi connectivity index (χ3v) is 2.04. The maximum Gasteiger partial charge on any atom is 0.279 e. The first-order chi connectivity index (χ1) is 4.52. The van der Waals surface area contributed by atoms with Crippen LogP contribution in [-0.4, -0.2) is 25.7 Å². The van der Waals surface area contributed by atoms with E-state index in [9.17, 15) is 8.78 Å². The highest BCUT2D eigenvalue weighted by Gasteiger charge is 2.54. The van der Waals surface area contributed by atoms with Crippen LogP contribution in [0.1, 0.15) is 6.92 Å². The van der Waals surface area contributed by atoms with Crippen LogP contribution in [-0.2, 0) is 4.74 Å². The van der Waals surface area contributed by atoms with E-state index in [1.807, 2.05) is 0 Å². The first-order valence-corrected chi connectivity index (χ1v) is 3.17. The molecule has 0 saturated carbocycles. The van der Waals surface area contributed by atoms with Crippen LogP contribution in [0.2, 0.25) is 0 Å². The Kier molecular flexibility index (Phi) is 1.68. The molecular weight excluding hydrogens is 140 g/mol. The summed E-state index contributed by atoms with van der Waals surface area (Å²) in [5.41, 5.74) is 4.04.